The number of carbonyl (C=O) groups excluding carboxylic acids is 1. The molecule has 1 aliphatic carbocycles. The van der Waals surface area contributed by atoms with Crippen LogP contribution in [0.4, 0.5) is 0 Å². The molecule has 0 fully saturated rings. The molecule has 3 rings (SSSR count). The molecule has 1 aliphatic rings. The van der Waals surface area contributed by atoms with Crippen LogP contribution in [-0.2, 0) is 16.0 Å². The maximum atomic E-state index is 12.3. The van der Waals surface area contributed by atoms with E-state index in [4.69, 9.17) is 0 Å². The number of nitrogens with zero attached hydrogens (tertiary/aromatic N) is 2. The van der Waals surface area contributed by atoms with Crippen molar-refractivity contribution in [3.63, 3.8) is 0 Å². The van der Waals surface area contributed by atoms with Gasteiger partial charge in [0.05, 0.1) is 17.5 Å². The molecule has 25 heavy (non-hydrogen) atoms. The number of carboxylic acid groups (broad SMARTS) is 1. The quantitative estimate of drug-likeness (QED) is 0.775. The number of nitrogens with one attached hydrogen (secondary N) is 1. The van der Waals surface area contributed by atoms with Gasteiger partial charge in [-0.25, -0.2) is 4.98 Å². The summed E-state index contributed by atoms with van der Waals surface area (Å²) in [5.74, 6) is -2.24. The molecule has 2 heterocycles. The van der Waals surface area contributed by atoms with E-state index in [9.17, 15) is 14.7 Å². The highest BCUT2D eigenvalue weighted by Gasteiger charge is 2.33. The van der Waals surface area contributed by atoms with Crippen LogP contribution in [0.3, 0.4) is 0 Å². The summed E-state index contributed by atoms with van der Waals surface area (Å²) in [6.45, 7) is 0.446. The summed E-state index contributed by atoms with van der Waals surface area (Å²) in [4.78, 5) is 32.2. The average Bonchev–Trinajstić information content (AvgIpc) is 3.11. The molecule has 0 spiro atoms. The average molecular weight is 357 g/mol. The Morgan fingerprint density at radius 3 is 2.80 bits per heavy atom. The largest absolute Gasteiger partial charge is 0.481 e. The number of carboxylic acids is 1. The number of pyridine rings is 1. The molecule has 0 bridgehead atoms. The Balaban J connectivity index is 1.53. The van der Waals surface area contributed by atoms with E-state index in [1.54, 1.807) is 23.7 Å². The van der Waals surface area contributed by atoms with E-state index in [-0.39, 0.29) is 5.91 Å². The van der Waals surface area contributed by atoms with Crippen LogP contribution in [-0.4, -0.2) is 33.5 Å². The van der Waals surface area contributed by atoms with Crippen molar-refractivity contribution in [1.82, 2.24) is 15.3 Å². The van der Waals surface area contributed by atoms with Gasteiger partial charge in [0, 0.05) is 36.3 Å². The first-order valence-electron chi connectivity index (χ1n) is 8.15. The van der Waals surface area contributed by atoms with Crippen molar-refractivity contribution in [3.8, 4) is 10.6 Å². The van der Waals surface area contributed by atoms with Crippen LogP contribution >= 0.6 is 11.3 Å². The van der Waals surface area contributed by atoms with Gasteiger partial charge in [-0.2, -0.15) is 0 Å². The lowest BCUT2D eigenvalue weighted by Gasteiger charge is -2.24. The summed E-state index contributed by atoms with van der Waals surface area (Å²) in [5.41, 5.74) is 1.88. The van der Waals surface area contributed by atoms with E-state index in [0.717, 1.165) is 16.3 Å². The number of aliphatic carboxylic acids is 1. The monoisotopic (exact) mass is 357 g/mol. The maximum Gasteiger partial charge on any atom is 0.307 e. The number of aromatic nitrogens is 2. The number of hydrogen-bond acceptors (Lipinski definition) is 5. The Bertz CT molecular complexity index is 773. The molecule has 0 radical (unpaired) electrons. The van der Waals surface area contributed by atoms with Gasteiger partial charge < -0.3 is 10.4 Å². The number of allylic oxidation sites excluding steroid dienone is 2. The van der Waals surface area contributed by atoms with Crippen molar-refractivity contribution < 1.29 is 14.7 Å². The van der Waals surface area contributed by atoms with Gasteiger partial charge in [-0.1, -0.05) is 12.2 Å². The molecule has 2 N–H and O–H groups in total. The molecular weight excluding hydrogens is 338 g/mol. The molecule has 0 aliphatic heterocycles. The van der Waals surface area contributed by atoms with E-state index in [1.165, 1.54) is 0 Å². The van der Waals surface area contributed by atoms with Gasteiger partial charge in [0.2, 0.25) is 5.91 Å². The van der Waals surface area contributed by atoms with Crippen LogP contribution < -0.4 is 5.32 Å². The lowest BCUT2D eigenvalue weighted by molar-refractivity contribution is -0.147. The molecule has 2 atom stereocenters. The zero-order valence-electron chi connectivity index (χ0n) is 13.6. The first kappa shape index (κ1) is 17.3. The van der Waals surface area contributed by atoms with Gasteiger partial charge in [0.1, 0.15) is 5.01 Å². The topological polar surface area (TPSA) is 92.2 Å². The fourth-order valence-electron chi connectivity index (χ4n) is 2.87. The number of carbonyl (C=O) groups is 2. The summed E-state index contributed by atoms with van der Waals surface area (Å²) < 4.78 is 0. The third-order valence-electron chi connectivity index (χ3n) is 4.23. The minimum absolute atomic E-state index is 0.195. The second kappa shape index (κ2) is 8.02. The second-order valence-electron chi connectivity index (χ2n) is 5.92. The van der Waals surface area contributed by atoms with E-state index in [1.807, 2.05) is 29.7 Å². The first-order chi connectivity index (χ1) is 12.1. The van der Waals surface area contributed by atoms with Crippen molar-refractivity contribution in [1.29, 1.82) is 0 Å². The molecule has 6 nitrogen and oxygen atoms in total. The molecule has 7 heteroatoms. The SMILES string of the molecule is O=C(NCCc1csc(-c2cccnc2)n1)[C@H]1CC=CC[C@H]1C(=O)O. The van der Waals surface area contributed by atoms with Crippen molar-refractivity contribution in [3.05, 3.63) is 47.8 Å². The molecule has 130 valence electrons. The summed E-state index contributed by atoms with van der Waals surface area (Å²) in [7, 11) is 0. The van der Waals surface area contributed by atoms with Gasteiger partial charge in [0.25, 0.3) is 0 Å². The van der Waals surface area contributed by atoms with Gasteiger partial charge in [0.15, 0.2) is 0 Å². The number of thiazole rings is 1. The van der Waals surface area contributed by atoms with E-state index >= 15 is 0 Å². The molecule has 0 unspecified atom stereocenters. The van der Waals surface area contributed by atoms with Gasteiger partial charge in [-0.15, -0.1) is 11.3 Å². The molecule has 0 saturated carbocycles. The highest BCUT2D eigenvalue weighted by atomic mass is 32.1. The third kappa shape index (κ3) is 4.30. The van der Waals surface area contributed by atoms with Gasteiger partial charge >= 0.3 is 5.97 Å². The lowest BCUT2D eigenvalue weighted by atomic mass is 9.82. The molecule has 0 saturated heterocycles. The standard InChI is InChI=1S/C18H19N3O3S/c22-16(14-5-1-2-6-15(14)18(23)24)20-9-7-13-11-25-17(21-13)12-4-3-8-19-10-12/h1-4,8,10-11,14-15H,5-7,9H2,(H,20,22)(H,23,24)/t14-,15+/m0/s1. The third-order valence-corrected chi connectivity index (χ3v) is 5.17. The Kier molecular flexibility index (Phi) is 5.55. The van der Waals surface area contributed by atoms with Crippen LogP contribution in [0.5, 0.6) is 0 Å². The number of hydrogen-bond donors (Lipinski definition) is 2. The van der Waals surface area contributed by atoms with Crippen molar-refractivity contribution in [2.24, 2.45) is 11.8 Å². The Labute approximate surface area is 149 Å². The summed E-state index contributed by atoms with van der Waals surface area (Å²) in [6, 6.07) is 3.83. The fourth-order valence-corrected chi connectivity index (χ4v) is 3.71. The summed E-state index contributed by atoms with van der Waals surface area (Å²) >= 11 is 1.54. The van der Waals surface area contributed by atoms with Crippen LogP contribution in [0.25, 0.3) is 10.6 Å². The van der Waals surface area contributed by atoms with Crippen LogP contribution in [0.15, 0.2) is 42.1 Å². The zero-order chi connectivity index (χ0) is 17.6. The number of amides is 1. The Morgan fingerprint density at radius 1 is 1.28 bits per heavy atom. The first-order valence-corrected chi connectivity index (χ1v) is 9.03. The normalized spacial score (nSPS) is 19.5. The van der Waals surface area contributed by atoms with E-state index in [0.29, 0.717) is 25.8 Å². The summed E-state index contributed by atoms with van der Waals surface area (Å²) in [5, 5.41) is 15.0. The number of rotatable bonds is 6. The van der Waals surface area contributed by atoms with Crippen molar-refractivity contribution >= 4 is 23.2 Å². The molecular formula is C18H19N3O3S. The molecule has 0 aromatic carbocycles. The van der Waals surface area contributed by atoms with Crippen LogP contribution in [0, 0.1) is 11.8 Å². The minimum atomic E-state index is -0.912. The zero-order valence-corrected chi connectivity index (χ0v) is 14.4. The van der Waals surface area contributed by atoms with Crippen molar-refractivity contribution in [2.45, 2.75) is 19.3 Å². The predicted molar refractivity (Wildman–Crippen MR) is 95.0 cm³/mol. The molecule has 1 amide bonds. The van der Waals surface area contributed by atoms with Crippen molar-refractivity contribution in [2.75, 3.05) is 6.54 Å². The predicted octanol–water partition coefficient (Wildman–Crippen LogP) is 2.53. The highest BCUT2D eigenvalue weighted by molar-refractivity contribution is 7.13. The summed E-state index contributed by atoms with van der Waals surface area (Å²) in [6.07, 6.45) is 8.70. The van der Waals surface area contributed by atoms with Gasteiger partial charge in [-0.3, -0.25) is 14.6 Å². The Hall–Kier alpha value is -2.54. The fraction of sp³-hybridized carbons (Fsp3) is 0.333. The lowest BCUT2D eigenvalue weighted by Crippen LogP contribution is -2.39. The second-order valence-corrected chi connectivity index (χ2v) is 6.78. The van der Waals surface area contributed by atoms with E-state index < -0.39 is 17.8 Å². The van der Waals surface area contributed by atoms with E-state index in [2.05, 4.69) is 15.3 Å². The molecule has 2 aromatic rings. The highest BCUT2D eigenvalue weighted by Crippen LogP contribution is 2.26. The molecule has 2 aromatic heterocycles. The van der Waals surface area contributed by atoms with Crippen LogP contribution in [0.2, 0.25) is 0 Å². The maximum absolute atomic E-state index is 12.3. The minimum Gasteiger partial charge on any atom is -0.481 e. The van der Waals surface area contributed by atoms with Crippen LogP contribution in [0.1, 0.15) is 18.5 Å². The smallest absolute Gasteiger partial charge is 0.307 e. The Morgan fingerprint density at radius 2 is 2.08 bits per heavy atom. The van der Waals surface area contributed by atoms with Gasteiger partial charge in [-0.05, 0) is 25.0 Å².